The van der Waals surface area contributed by atoms with E-state index in [-0.39, 0.29) is 22.8 Å². The zero-order valence-corrected chi connectivity index (χ0v) is 24.3. The Morgan fingerprint density at radius 2 is 1.64 bits per heavy atom. The van der Waals surface area contributed by atoms with Crippen LogP contribution < -0.4 is 19.5 Å². The van der Waals surface area contributed by atoms with E-state index >= 15 is 0 Å². The summed E-state index contributed by atoms with van der Waals surface area (Å²) in [5.74, 6) is 1.10. The number of carbonyl (C=O) groups is 1. The van der Waals surface area contributed by atoms with Crippen molar-refractivity contribution in [2.75, 3.05) is 23.4 Å². The molecule has 0 saturated heterocycles. The second-order valence-electron chi connectivity index (χ2n) is 10.7. The minimum atomic E-state index is -3.59. The fraction of sp³-hybridized carbons (Fsp3) is 0.310. The molecule has 4 rings (SSSR count). The predicted molar refractivity (Wildman–Crippen MR) is 155 cm³/mol. The van der Waals surface area contributed by atoms with Crippen LogP contribution in [0.5, 0.6) is 17.2 Å². The molecule has 0 unspecified atom stereocenters. The predicted octanol–water partition coefficient (Wildman–Crippen LogP) is 5.91. The van der Waals surface area contributed by atoms with Crippen LogP contribution in [0.25, 0.3) is 10.9 Å². The van der Waals surface area contributed by atoms with Gasteiger partial charge in [0.1, 0.15) is 11.4 Å². The number of amides is 1. The number of ether oxygens (including phenoxy) is 2. The monoisotopic (exact) mass is 550 g/mol. The van der Waals surface area contributed by atoms with Gasteiger partial charge in [-0.25, -0.2) is 8.42 Å². The van der Waals surface area contributed by atoms with Gasteiger partial charge in [0.2, 0.25) is 10.0 Å². The van der Waals surface area contributed by atoms with Gasteiger partial charge in [-0.3, -0.25) is 14.5 Å². The van der Waals surface area contributed by atoms with Crippen LogP contribution in [-0.4, -0.2) is 37.2 Å². The maximum absolute atomic E-state index is 13.6. The summed E-state index contributed by atoms with van der Waals surface area (Å²) in [6.07, 6.45) is 1.07. The highest BCUT2D eigenvalue weighted by molar-refractivity contribution is 7.92. The number of fused-ring (bicyclic) bond motifs is 1. The standard InChI is InChI=1S/C29H34N4O5S/c1-17-12-21(13-18(2)30-17)38-25-11-9-10-19-14-24(33(6)26(19)25)28(34)31-22-15-20(29(3,4)5)16-23(27(22)37-7)32-39(8,35)36/h9-16,32H,1-8H3,(H,31,34). The van der Waals surface area contributed by atoms with Gasteiger partial charge in [-0.2, -0.15) is 0 Å². The third-order valence-corrected chi connectivity index (χ3v) is 6.83. The van der Waals surface area contributed by atoms with Gasteiger partial charge in [-0.1, -0.05) is 32.9 Å². The molecule has 0 aliphatic carbocycles. The summed E-state index contributed by atoms with van der Waals surface area (Å²) in [4.78, 5) is 18.0. The van der Waals surface area contributed by atoms with Crippen molar-refractivity contribution in [2.45, 2.75) is 40.0 Å². The molecule has 2 heterocycles. The summed E-state index contributed by atoms with van der Waals surface area (Å²) in [7, 11) is -0.367. The van der Waals surface area contributed by atoms with Crippen molar-refractivity contribution >= 4 is 38.2 Å². The first-order valence-electron chi connectivity index (χ1n) is 12.4. The highest BCUT2D eigenvalue weighted by atomic mass is 32.2. The molecule has 0 aliphatic heterocycles. The third-order valence-electron chi connectivity index (χ3n) is 6.24. The van der Waals surface area contributed by atoms with E-state index in [4.69, 9.17) is 9.47 Å². The van der Waals surface area contributed by atoms with Gasteiger partial charge < -0.3 is 19.4 Å². The number of aromatic nitrogens is 2. The van der Waals surface area contributed by atoms with Crippen molar-refractivity contribution < 1.29 is 22.7 Å². The van der Waals surface area contributed by atoms with Gasteiger partial charge in [0.05, 0.1) is 30.3 Å². The summed E-state index contributed by atoms with van der Waals surface area (Å²) in [5.41, 5.74) is 3.94. The Morgan fingerprint density at radius 3 is 2.23 bits per heavy atom. The molecule has 0 atom stereocenters. The molecule has 10 heteroatoms. The molecule has 2 aromatic carbocycles. The Labute approximate surface area is 229 Å². The average molecular weight is 551 g/mol. The lowest BCUT2D eigenvalue weighted by molar-refractivity contribution is 0.101. The van der Waals surface area contributed by atoms with E-state index in [0.717, 1.165) is 34.1 Å². The molecule has 2 N–H and O–H groups in total. The van der Waals surface area contributed by atoms with E-state index in [2.05, 4.69) is 15.0 Å². The highest BCUT2D eigenvalue weighted by Gasteiger charge is 2.24. The average Bonchev–Trinajstić information content (AvgIpc) is 3.14. The lowest BCUT2D eigenvalue weighted by atomic mass is 9.86. The van der Waals surface area contributed by atoms with Gasteiger partial charge >= 0.3 is 0 Å². The van der Waals surface area contributed by atoms with Crippen LogP contribution in [0.3, 0.4) is 0 Å². The number of anilines is 2. The third kappa shape index (κ3) is 6.17. The zero-order chi connectivity index (χ0) is 28.7. The highest BCUT2D eigenvalue weighted by Crippen LogP contribution is 2.40. The van der Waals surface area contributed by atoms with E-state index < -0.39 is 10.0 Å². The molecule has 39 heavy (non-hydrogen) atoms. The molecule has 206 valence electrons. The van der Waals surface area contributed by atoms with Gasteiger partial charge in [0.15, 0.2) is 11.5 Å². The van der Waals surface area contributed by atoms with Crippen molar-refractivity contribution in [1.29, 1.82) is 0 Å². The maximum Gasteiger partial charge on any atom is 0.272 e. The fourth-order valence-corrected chi connectivity index (χ4v) is 5.05. The molecular formula is C29H34N4O5S. The van der Waals surface area contributed by atoms with Crippen molar-refractivity contribution in [3.8, 4) is 17.2 Å². The van der Waals surface area contributed by atoms with E-state index in [0.29, 0.717) is 22.9 Å². The summed E-state index contributed by atoms with van der Waals surface area (Å²) >= 11 is 0. The van der Waals surface area contributed by atoms with E-state index in [1.54, 1.807) is 29.8 Å². The molecule has 0 bridgehead atoms. The minimum Gasteiger partial charge on any atom is -0.492 e. The van der Waals surface area contributed by atoms with Gasteiger partial charge in [-0.15, -0.1) is 0 Å². The SMILES string of the molecule is COc1c(NC(=O)c2cc3cccc(Oc4cc(C)nc(C)c4)c3n2C)cc(C(C)(C)C)cc1NS(C)(=O)=O. The van der Waals surface area contributed by atoms with Gasteiger partial charge in [0.25, 0.3) is 5.91 Å². The fourth-order valence-electron chi connectivity index (χ4n) is 4.50. The first kappa shape index (κ1) is 28.0. The van der Waals surface area contributed by atoms with Crippen molar-refractivity contribution in [3.63, 3.8) is 0 Å². The molecule has 0 saturated carbocycles. The van der Waals surface area contributed by atoms with Crippen molar-refractivity contribution in [3.05, 3.63) is 71.2 Å². The smallest absolute Gasteiger partial charge is 0.272 e. The second kappa shape index (κ2) is 10.3. The summed E-state index contributed by atoms with van der Waals surface area (Å²) in [6.45, 7) is 9.82. The summed E-state index contributed by atoms with van der Waals surface area (Å²) < 4.78 is 40.2. The molecular weight excluding hydrogens is 516 g/mol. The van der Waals surface area contributed by atoms with E-state index in [1.165, 1.54) is 7.11 Å². The number of sulfonamides is 1. The van der Waals surface area contributed by atoms with Crippen LogP contribution in [0.4, 0.5) is 11.4 Å². The number of aryl methyl sites for hydroxylation is 3. The Kier molecular flexibility index (Phi) is 7.36. The van der Waals surface area contributed by atoms with Crippen LogP contribution in [0.15, 0.2) is 48.5 Å². The first-order valence-corrected chi connectivity index (χ1v) is 14.3. The summed E-state index contributed by atoms with van der Waals surface area (Å²) in [5, 5.41) is 3.76. The van der Waals surface area contributed by atoms with Crippen LogP contribution in [-0.2, 0) is 22.5 Å². The number of carbonyl (C=O) groups excluding carboxylic acids is 1. The lowest BCUT2D eigenvalue weighted by Crippen LogP contribution is -2.19. The van der Waals surface area contributed by atoms with Crippen molar-refractivity contribution in [2.24, 2.45) is 7.05 Å². The minimum absolute atomic E-state index is 0.216. The topological polar surface area (TPSA) is 112 Å². The van der Waals surface area contributed by atoms with Crippen LogP contribution in [0, 0.1) is 13.8 Å². The number of hydrogen-bond donors (Lipinski definition) is 2. The molecule has 4 aromatic rings. The lowest BCUT2D eigenvalue weighted by Gasteiger charge is -2.24. The Balaban J connectivity index is 1.76. The molecule has 0 aliphatic rings. The van der Waals surface area contributed by atoms with Crippen LogP contribution in [0.1, 0.15) is 48.2 Å². The van der Waals surface area contributed by atoms with Gasteiger partial charge in [-0.05, 0) is 49.1 Å². The number of benzene rings is 2. The number of methoxy groups -OCH3 is 1. The number of hydrogen-bond acceptors (Lipinski definition) is 6. The molecule has 0 spiro atoms. The first-order chi connectivity index (χ1) is 18.2. The number of nitrogens with one attached hydrogen (secondary N) is 2. The van der Waals surface area contributed by atoms with E-state index in [9.17, 15) is 13.2 Å². The number of rotatable bonds is 7. The van der Waals surface area contributed by atoms with Gasteiger partial charge in [0, 0.05) is 36.0 Å². The Hall–Kier alpha value is -4.05. The van der Waals surface area contributed by atoms with E-state index in [1.807, 2.05) is 65.0 Å². The number of para-hydroxylation sites is 1. The largest absolute Gasteiger partial charge is 0.492 e. The number of pyridine rings is 1. The normalized spacial score (nSPS) is 11.9. The van der Waals surface area contributed by atoms with Crippen molar-refractivity contribution in [1.82, 2.24) is 9.55 Å². The number of nitrogens with zero attached hydrogens (tertiary/aromatic N) is 2. The Morgan fingerprint density at radius 1 is 1.00 bits per heavy atom. The molecule has 0 fully saturated rings. The quantitative estimate of drug-likeness (QED) is 0.296. The molecule has 2 aromatic heterocycles. The molecule has 0 radical (unpaired) electrons. The maximum atomic E-state index is 13.6. The van der Waals surface area contributed by atoms with Crippen LogP contribution >= 0.6 is 0 Å². The zero-order valence-electron chi connectivity index (χ0n) is 23.5. The Bertz CT molecular complexity index is 1660. The molecule has 1 amide bonds. The second-order valence-corrected chi connectivity index (χ2v) is 12.4. The van der Waals surface area contributed by atoms with Crippen LogP contribution in [0.2, 0.25) is 0 Å². The molecule has 9 nitrogen and oxygen atoms in total. The summed E-state index contributed by atoms with van der Waals surface area (Å²) in [6, 6.07) is 14.7.